The zero-order chi connectivity index (χ0) is 30.1. The lowest BCUT2D eigenvalue weighted by atomic mass is 9.70. The Balaban J connectivity index is 1.66. The minimum absolute atomic E-state index is 0.130. The van der Waals surface area contributed by atoms with Gasteiger partial charge in [0.2, 0.25) is 11.8 Å². The Morgan fingerprint density at radius 2 is 1.56 bits per heavy atom. The van der Waals surface area contributed by atoms with Gasteiger partial charge >= 0.3 is 5.97 Å². The number of aliphatic carboxylic acids is 1. The van der Waals surface area contributed by atoms with Crippen LogP contribution in [0.3, 0.4) is 0 Å². The normalized spacial score (nSPS) is 27.6. The number of ether oxygens (including phenoxy) is 2. The standard InChI is InChI=1S/C33H58N2O6/c1-6-7-8-9-10-11-13-19-33(20-14-12-15-21-33)30(39)35-25-18-16-17-24(25)26(22-27(36)37)34-29(38)28-31(2,3)23-40-32(4,5)41-28/h24-26,28H,6-23H2,1-5H3,(H,34,38)(H,35,39)(H,36,37). The molecule has 1 heterocycles. The maximum Gasteiger partial charge on any atom is 0.305 e. The number of carbonyl (C=O) groups excluding carboxylic acids is 2. The first kappa shape index (κ1) is 33.8. The Bertz CT molecular complexity index is 866. The number of hydrogen-bond donors (Lipinski definition) is 3. The van der Waals surface area contributed by atoms with Crippen LogP contribution in [0.15, 0.2) is 0 Å². The number of unbranched alkanes of at least 4 members (excludes halogenated alkanes) is 6. The summed E-state index contributed by atoms with van der Waals surface area (Å²) < 4.78 is 11.8. The van der Waals surface area contributed by atoms with Crippen molar-refractivity contribution in [2.24, 2.45) is 16.7 Å². The van der Waals surface area contributed by atoms with E-state index >= 15 is 0 Å². The highest BCUT2D eigenvalue weighted by atomic mass is 16.7. The second-order valence-corrected chi connectivity index (χ2v) is 14.3. The SMILES string of the molecule is CCCCCCCCCC1(C(=O)NC2CCCC2C(CC(=O)O)NC(=O)C2OC(C)(C)OCC2(C)C)CCCCC1. The van der Waals surface area contributed by atoms with Crippen molar-refractivity contribution in [2.45, 2.75) is 168 Å². The second-order valence-electron chi connectivity index (χ2n) is 14.3. The van der Waals surface area contributed by atoms with Crippen molar-refractivity contribution in [1.82, 2.24) is 10.6 Å². The monoisotopic (exact) mass is 578 g/mol. The van der Waals surface area contributed by atoms with Gasteiger partial charge in [-0.2, -0.15) is 0 Å². The predicted octanol–water partition coefficient (Wildman–Crippen LogP) is 6.50. The smallest absolute Gasteiger partial charge is 0.305 e. The summed E-state index contributed by atoms with van der Waals surface area (Å²) in [6.45, 7) is 10.0. The molecule has 2 aliphatic carbocycles. The summed E-state index contributed by atoms with van der Waals surface area (Å²) in [6.07, 6.45) is 16.4. The minimum atomic E-state index is -0.956. The van der Waals surface area contributed by atoms with Crippen LogP contribution in [-0.4, -0.2) is 53.5 Å². The van der Waals surface area contributed by atoms with Gasteiger partial charge in [0, 0.05) is 22.9 Å². The molecular weight excluding hydrogens is 520 g/mol. The van der Waals surface area contributed by atoms with E-state index in [1.807, 2.05) is 13.8 Å². The van der Waals surface area contributed by atoms with Crippen LogP contribution in [-0.2, 0) is 23.9 Å². The molecule has 3 rings (SSSR count). The third kappa shape index (κ3) is 9.67. The summed E-state index contributed by atoms with van der Waals surface area (Å²) >= 11 is 0. The van der Waals surface area contributed by atoms with E-state index in [0.29, 0.717) is 6.61 Å². The van der Waals surface area contributed by atoms with Crippen LogP contribution in [0.1, 0.15) is 144 Å². The largest absolute Gasteiger partial charge is 0.481 e. The summed E-state index contributed by atoms with van der Waals surface area (Å²) in [5.74, 6) is -2.14. The quantitative estimate of drug-likeness (QED) is 0.191. The third-order valence-corrected chi connectivity index (χ3v) is 9.82. The molecule has 8 heteroatoms. The molecule has 0 bridgehead atoms. The van der Waals surface area contributed by atoms with Crippen LogP contribution in [0.25, 0.3) is 0 Å². The summed E-state index contributed by atoms with van der Waals surface area (Å²) in [5, 5.41) is 16.2. The van der Waals surface area contributed by atoms with Crippen molar-refractivity contribution in [1.29, 1.82) is 0 Å². The number of amides is 2. The molecule has 0 aromatic carbocycles. The minimum Gasteiger partial charge on any atom is -0.481 e. The highest BCUT2D eigenvalue weighted by Crippen LogP contribution is 2.42. The van der Waals surface area contributed by atoms with Gasteiger partial charge in [-0.15, -0.1) is 0 Å². The summed E-state index contributed by atoms with van der Waals surface area (Å²) in [7, 11) is 0. The maximum absolute atomic E-state index is 13.9. The Kier molecular flexibility index (Phi) is 12.5. The Morgan fingerprint density at radius 1 is 0.902 bits per heavy atom. The topological polar surface area (TPSA) is 114 Å². The first-order valence-electron chi connectivity index (χ1n) is 16.5. The van der Waals surface area contributed by atoms with Crippen molar-refractivity contribution < 1.29 is 29.0 Å². The van der Waals surface area contributed by atoms with Crippen LogP contribution >= 0.6 is 0 Å². The zero-order valence-corrected chi connectivity index (χ0v) is 26.5. The van der Waals surface area contributed by atoms with Gasteiger partial charge in [0.05, 0.1) is 13.0 Å². The molecule has 236 valence electrons. The number of nitrogens with one attached hydrogen (secondary N) is 2. The van der Waals surface area contributed by atoms with Gasteiger partial charge in [0.1, 0.15) is 6.10 Å². The molecule has 0 aromatic rings. The van der Waals surface area contributed by atoms with Gasteiger partial charge < -0.3 is 25.2 Å². The van der Waals surface area contributed by atoms with Gasteiger partial charge in [-0.3, -0.25) is 14.4 Å². The van der Waals surface area contributed by atoms with Crippen molar-refractivity contribution in [3.05, 3.63) is 0 Å². The van der Waals surface area contributed by atoms with E-state index in [0.717, 1.165) is 57.8 Å². The average Bonchev–Trinajstić information content (AvgIpc) is 3.37. The molecule has 0 aromatic heterocycles. The van der Waals surface area contributed by atoms with Crippen molar-refractivity contribution in [2.75, 3.05) is 6.61 Å². The lowest BCUT2D eigenvalue weighted by molar-refractivity contribution is -0.304. The highest BCUT2D eigenvalue weighted by molar-refractivity contribution is 5.84. The summed E-state index contributed by atoms with van der Waals surface area (Å²) in [5.41, 5.74) is -0.869. The molecule has 4 atom stereocenters. The summed E-state index contributed by atoms with van der Waals surface area (Å²) in [4.78, 5) is 39.4. The summed E-state index contributed by atoms with van der Waals surface area (Å²) in [6, 6.07) is -0.719. The van der Waals surface area contributed by atoms with Gasteiger partial charge in [-0.1, -0.05) is 91.4 Å². The van der Waals surface area contributed by atoms with E-state index < -0.39 is 29.3 Å². The van der Waals surface area contributed by atoms with Crippen molar-refractivity contribution in [3.63, 3.8) is 0 Å². The molecule has 1 aliphatic heterocycles. The highest BCUT2D eigenvalue weighted by Gasteiger charge is 2.48. The van der Waals surface area contributed by atoms with Gasteiger partial charge in [0.15, 0.2) is 5.79 Å². The average molecular weight is 579 g/mol. The van der Waals surface area contributed by atoms with Crippen molar-refractivity contribution in [3.8, 4) is 0 Å². The van der Waals surface area contributed by atoms with E-state index in [1.165, 1.54) is 44.9 Å². The van der Waals surface area contributed by atoms with Crippen LogP contribution in [0.4, 0.5) is 0 Å². The van der Waals surface area contributed by atoms with E-state index in [-0.39, 0.29) is 35.6 Å². The number of hydrogen-bond acceptors (Lipinski definition) is 5. The molecule has 3 aliphatic rings. The Labute approximate surface area is 248 Å². The zero-order valence-electron chi connectivity index (χ0n) is 26.5. The predicted molar refractivity (Wildman–Crippen MR) is 160 cm³/mol. The third-order valence-electron chi connectivity index (χ3n) is 9.82. The lowest BCUT2D eigenvalue weighted by Crippen LogP contribution is -2.59. The van der Waals surface area contributed by atoms with E-state index in [2.05, 4.69) is 17.6 Å². The van der Waals surface area contributed by atoms with Crippen LogP contribution in [0, 0.1) is 16.7 Å². The van der Waals surface area contributed by atoms with E-state index in [9.17, 15) is 19.5 Å². The molecule has 3 fully saturated rings. The molecule has 1 saturated heterocycles. The fraction of sp³-hybridized carbons (Fsp3) is 0.909. The van der Waals surface area contributed by atoms with Gasteiger partial charge in [-0.25, -0.2) is 0 Å². The fourth-order valence-corrected chi connectivity index (χ4v) is 7.29. The molecule has 3 N–H and O–H groups in total. The van der Waals surface area contributed by atoms with Crippen LogP contribution in [0.2, 0.25) is 0 Å². The van der Waals surface area contributed by atoms with Crippen molar-refractivity contribution >= 4 is 17.8 Å². The number of rotatable bonds is 15. The van der Waals surface area contributed by atoms with Gasteiger partial charge in [-0.05, 0) is 51.9 Å². The molecule has 41 heavy (non-hydrogen) atoms. The molecule has 4 unspecified atom stereocenters. The molecule has 0 radical (unpaired) electrons. The molecule has 8 nitrogen and oxygen atoms in total. The molecular formula is C33H58N2O6. The Morgan fingerprint density at radius 3 is 2.22 bits per heavy atom. The number of carboxylic acids is 1. The number of carbonyl (C=O) groups is 3. The fourth-order valence-electron chi connectivity index (χ4n) is 7.29. The Hall–Kier alpha value is -1.67. The first-order chi connectivity index (χ1) is 19.4. The van der Waals surface area contributed by atoms with Gasteiger partial charge in [0.25, 0.3) is 0 Å². The van der Waals surface area contributed by atoms with E-state index in [4.69, 9.17) is 9.47 Å². The van der Waals surface area contributed by atoms with E-state index in [1.54, 1.807) is 13.8 Å². The molecule has 2 saturated carbocycles. The maximum atomic E-state index is 13.9. The number of carboxylic acid groups (broad SMARTS) is 1. The first-order valence-corrected chi connectivity index (χ1v) is 16.5. The molecule has 2 amide bonds. The van der Waals surface area contributed by atoms with Crippen LogP contribution in [0.5, 0.6) is 0 Å². The molecule has 0 spiro atoms. The van der Waals surface area contributed by atoms with Crippen LogP contribution < -0.4 is 10.6 Å². The lowest BCUT2D eigenvalue weighted by Gasteiger charge is -2.45. The second kappa shape index (κ2) is 15.2.